The summed E-state index contributed by atoms with van der Waals surface area (Å²) in [6.07, 6.45) is 8.71. The Morgan fingerprint density at radius 2 is 1.75 bits per heavy atom. The molecule has 0 aromatic heterocycles. The van der Waals surface area contributed by atoms with Gasteiger partial charge in [0.2, 0.25) is 0 Å². The third-order valence-corrected chi connectivity index (χ3v) is 3.45. The van der Waals surface area contributed by atoms with Crippen LogP contribution >= 0.6 is 15.9 Å². The Hall–Kier alpha value is -0.370. The molecule has 0 atom stereocenters. The molecule has 0 saturated heterocycles. The van der Waals surface area contributed by atoms with Crippen LogP contribution in [0.2, 0.25) is 0 Å². The van der Waals surface area contributed by atoms with Crippen molar-refractivity contribution in [1.82, 2.24) is 0 Å². The van der Waals surface area contributed by atoms with Crippen LogP contribution in [0.25, 0.3) is 0 Å². The second-order valence-electron chi connectivity index (χ2n) is 4.27. The van der Waals surface area contributed by atoms with Crippen LogP contribution in [0.3, 0.4) is 0 Å². The summed E-state index contributed by atoms with van der Waals surface area (Å²) in [5, 5.41) is 0. The third kappa shape index (κ3) is 5.11. The van der Waals surface area contributed by atoms with Crippen LogP contribution in [-0.2, 0) is 6.42 Å². The molecule has 0 aliphatic rings. The van der Waals surface area contributed by atoms with Gasteiger partial charge in [-0.1, -0.05) is 45.1 Å². The predicted octanol–water partition coefficient (Wildman–Crippen LogP) is 5.49. The summed E-state index contributed by atoms with van der Waals surface area (Å²) in [5.41, 5.74) is 1.11. The Morgan fingerprint density at radius 3 is 2.44 bits per heavy atom. The lowest BCUT2D eigenvalue weighted by Gasteiger charge is -2.03. The highest BCUT2D eigenvalue weighted by Crippen LogP contribution is 2.18. The van der Waals surface area contributed by atoms with Crippen LogP contribution in [-0.4, -0.2) is 0 Å². The summed E-state index contributed by atoms with van der Waals surface area (Å²) in [6, 6.07) is 5.43. The SMILES string of the molecule is CCCCCCCCc1ccc(Br)c(F)c1. The second kappa shape index (κ2) is 7.83. The fourth-order valence-corrected chi connectivity index (χ4v) is 2.05. The molecule has 0 aliphatic heterocycles. The predicted molar refractivity (Wildman–Crippen MR) is 71.2 cm³/mol. The van der Waals surface area contributed by atoms with Gasteiger partial charge in [-0.2, -0.15) is 0 Å². The first kappa shape index (κ1) is 13.7. The highest BCUT2D eigenvalue weighted by atomic mass is 79.9. The average Bonchev–Trinajstić information content (AvgIpc) is 2.28. The molecule has 0 nitrogen and oxygen atoms in total. The Balaban J connectivity index is 2.19. The molecule has 0 bridgehead atoms. The monoisotopic (exact) mass is 286 g/mol. The van der Waals surface area contributed by atoms with E-state index in [1.54, 1.807) is 12.1 Å². The zero-order chi connectivity index (χ0) is 11.8. The standard InChI is InChI=1S/C14H20BrF/c1-2-3-4-5-6-7-8-12-9-10-13(15)14(16)11-12/h9-11H,2-8H2,1H3. The van der Waals surface area contributed by atoms with Crippen molar-refractivity contribution < 1.29 is 4.39 Å². The minimum Gasteiger partial charge on any atom is -0.206 e. The molecule has 0 aliphatic carbocycles. The highest BCUT2D eigenvalue weighted by Gasteiger charge is 2.00. The van der Waals surface area contributed by atoms with E-state index in [2.05, 4.69) is 22.9 Å². The molecule has 90 valence electrons. The molecule has 2 heteroatoms. The van der Waals surface area contributed by atoms with Gasteiger partial charge in [-0.3, -0.25) is 0 Å². The van der Waals surface area contributed by atoms with Crippen molar-refractivity contribution in [3.05, 3.63) is 34.1 Å². The van der Waals surface area contributed by atoms with Crippen LogP contribution < -0.4 is 0 Å². The molecular weight excluding hydrogens is 267 g/mol. The molecule has 1 aromatic rings. The van der Waals surface area contributed by atoms with Gasteiger partial charge in [0.05, 0.1) is 4.47 Å². The lowest BCUT2D eigenvalue weighted by molar-refractivity contribution is 0.600. The fraction of sp³-hybridized carbons (Fsp3) is 0.571. The van der Waals surface area contributed by atoms with E-state index in [0.717, 1.165) is 12.0 Å². The van der Waals surface area contributed by atoms with Crippen molar-refractivity contribution in [3.8, 4) is 0 Å². The van der Waals surface area contributed by atoms with Crippen LogP contribution in [0.5, 0.6) is 0 Å². The number of hydrogen-bond acceptors (Lipinski definition) is 0. The summed E-state index contributed by atoms with van der Waals surface area (Å²) >= 11 is 3.16. The molecule has 0 radical (unpaired) electrons. The number of rotatable bonds is 7. The van der Waals surface area contributed by atoms with E-state index in [1.807, 2.05) is 6.07 Å². The number of hydrogen-bond donors (Lipinski definition) is 0. The fourth-order valence-electron chi connectivity index (χ4n) is 1.80. The van der Waals surface area contributed by atoms with Gasteiger partial charge in [-0.15, -0.1) is 0 Å². The largest absolute Gasteiger partial charge is 0.206 e. The van der Waals surface area contributed by atoms with Crippen molar-refractivity contribution >= 4 is 15.9 Å². The summed E-state index contributed by atoms with van der Waals surface area (Å²) in [6.45, 7) is 2.23. The van der Waals surface area contributed by atoms with Crippen molar-refractivity contribution in [3.63, 3.8) is 0 Å². The molecular formula is C14H20BrF. The van der Waals surface area contributed by atoms with E-state index in [9.17, 15) is 4.39 Å². The van der Waals surface area contributed by atoms with Crippen molar-refractivity contribution in [2.75, 3.05) is 0 Å². The van der Waals surface area contributed by atoms with E-state index < -0.39 is 0 Å². The molecule has 0 spiro atoms. The Labute approximate surface area is 106 Å². The number of unbranched alkanes of at least 4 members (excludes halogenated alkanes) is 5. The molecule has 0 fully saturated rings. The number of aryl methyl sites for hydroxylation is 1. The maximum atomic E-state index is 13.2. The highest BCUT2D eigenvalue weighted by molar-refractivity contribution is 9.10. The topological polar surface area (TPSA) is 0 Å². The first-order valence-corrected chi connectivity index (χ1v) is 6.97. The lowest BCUT2D eigenvalue weighted by atomic mass is 10.1. The van der Waals surface area contributed by atoms with E-state index in [-0.39, 0.29) is 5.82 Å². The Kier molecular flexibility index (Phi) is 6.70. The van der Waals surface area contributed by atoms with E-state index in [0.29, 0.717) is 4.47 Å². The normalized spacial score (nSPS) is 10.7. The average molecular weight is 287 g/mol. The minimum absolute atomic E-state index is 0.150. The summed E-state index contributed by atoms with van der Waals surface area (Å²) in [5.74, 6) is -0.150. The van der Waals surface area contributed by atoms with Crippen LogP contribution in [0, 0.1) is 5.82 Å². The molecule has 0 N–H and O–H groups in total. The lowest BCUT2D eigenvalue weighted by Crippen LogP contribution is -1.88. The van der Waals surface area contributed by atoms with Crippen molar-refractivity contribution in [2.24, 2.45) is 0 Å². The van der Waals surface area contributed by atoms with Gasteiger partial charge in [0.1, 0.15) is 5.82 Å². The van der Waals surface area contributed by atoms with E-state index in [4.69, 9.17) is 0 Å². The molecule has 0 saturated carbocycles. The zero-order valence-corrected chi connectivity index (χ0v) is 11.5. The third-order valence-electron chi connectivity index (χ3n) is 2.80. The van der Waals surface area contributed by atoms with Gasteiger partial charge in [0.15, 0.2) is 0 Å². The summed E-state index contributed by atoms with van der Waals surface area (Å²) in [4.78, 5) is 0. The minimum atomic E-state index is -0.150. The van der Waals surface area contributed by atoms with Crippen LogP contribution in [0.4, 0.5) is 4.39 Å². The van der Waals surface area contributed by atoms with Gasteiger partial charge < -0.3 is 0 Å². The van der Waals surface area contributed by atoms with Gasteiger partial charge >= 0.3 is 0 Å². The number of benzene rings is 1. The van der Waals surface area contributed by atoms with Crippen LogP contribution in [0.1, 0.15) is 51.0 Å². The zero-order valence-electron chi connectivity index (χ0n) is 9.94. The molecule has 0 amide bonds. The van der Waals surface area contributed by atoms with Gasteiger partial charge in [0.25, 0.3) is 0 Å². The molecule has 1 aromatic carbocycles. The maximum Gasteiger partial charge on any atom is 0.137 e. The van der Waals surface area contributed by atoms with Gasteiger partial charge in [-0.05, 0) is 46.5 Å². The summed E-state index contributed by atoms with van der Waals surface area (Å²) < 4.78 is 13.8. The quantitative estimate of drug-likeness (QED) is 0.581. The van der Waals surface area contributed by atoms with Crippen molar-refractivity contribution in [2.45, 2.75) is 51.9 Å². The summed E-state index contributed by atoms with van der Waals surface area (Å²) in [7, 11) is 0. The first-order valence-electron chi connectivity index (χ1n) is 6.18. The van der Waals surface area contributed by atoms with E-state index >= 15 is 0 Å². The number of halogens is 2. The van der Waals surface area contributed by atoms with Crippen molar-refractivity contribution in [1.29, 1.82) is 0 Å². The van der Waals surface area contributed by atoms with Gasteiger partial charge in [0, 0.05) is 0 Å². The molecule has 0 unspecified atom stereocenters. The second-order valence-corrected chi connectivity index (χ2v) is 5.12. The van der Waals surface area contributed by atoms with Crippen LogP contribution in [0.15, 0.2) is 22.7 Å². The maximum absolute atomic E-state index is 13.2. The smallest absolute Gasteiger partial charge is 0.137 e. The Bertz CT molecular complexity index is 310. The Morgan fingerprint density at radius 1 is 1.06 bits per heavy atom. The molecule has 16 heavy (non-hydrogen) atoms. The van der Waals surface area contributed by atoms with Gasteiger partial charge in [-0.25, -0.2) is 4.39 Å². The molecule has 0 heterocycles. The molecule has 1 rings (SSSR count). The van der Waals surface area contributed by atoms with E-state index in [1.165, 1.54) is 38.5 Å². The first-order chi connectivity index (χ1) is 7.74.